The molecule has 0 aromatic heterocycles. The number of carbonyl (C=O) groups is 2. The Morgan fingerprint density at radius 1 is 0.875 bits per heavy atom. The lowest BCUT2D eigenvalue weighted by molar-refractivity contribution is -0.148. The number of esters is 1. The normalized spacial score (nSPS) is 21.9. The molecule has 1 atom stereocenters. The van der Waals surface area contributed by atoms with Gasteiger partial charge in [0, 0.05) is 12.8 Å². The molecule has 0 saturated carbocycles. The van der Waals surface area contributed by atoms with Gasteiger partial charge in [0.15, 0.2) is 0 Å². The molecule has 0 radical (unpaired) electrons. The maximum absolute atomic E-state index is 12.4. The highest BCUT2D eigenvalue weighted by Gasteiger charge is 2.22. The number of nitrogens with one attached hydrogen (secondary N) is 1. The standard InChI is InChI=1S/C20H29NO3/c22-19-14-10-5-3-1-2-4-6-11-15-24-20(23)18(21-19)16-17-12-8-7-9-13-17/h7-9,12-13,18H,1-6,10-11,14-16H2,(H,21,22)/t18-/m0/s1. The monoisotopic (exact) mass is 331 g/mol. The van der Waals surface area contributed by atoms with Crippen molar-refractivity contribution in [3.05, 3.63) is 35.9 Å². The molecule has 1 heterocycles. The van der Waals surface area contributed by atoms with Crippen molar-refractivity contribution in [2.45, 2.75) is 70.3 Å². The second kappa shape index (κ2) is 10.8. The summed E-state index contributed by atoms with van der Waals surface area (Å²) in [5.74, 6) is -0.371. The molecule has 0 bridgehead atoms. The second-order valence-electron chi connectivity index (χ2n) is 6.56. The molecule has 1 amide bonds. The molecule has 1 saturated heterocycles. The first-order valence-corrected chi connectivity index (χ1v) is 9.25. The Morgan fingerprint density at radius 2 is 1.50 bits per heavy atom. The zero-order valence-corrected chi connectivity index (χ0v) is 14.5. The fourth-order valence-corrected chi connectivity index (χ4v) is 3.03. The molecule has 0 spiro atoms. The van der Waals surface area contributed by atoms with Gasteiger partial charge in [-0.3, -0.25) is 4.79 Å². The van der Waals surface area contributed by atoms with Crippen LogP contribution in [0.1, 0.15) is 63.4 Å². The first-order valence-electron chi connectivity index (χ1n) is 9.25. The molecule has 0 unspecified atom stereocenters. The van der Waals surface area contributed by atoms with Crippen LogP contribution < -0.4 is 5.32 Å². The van der Waals surface area contributed by atoms with E-state index in [1.165, 1.54) is 25.7 Å². The molecule has 132 valence electrons. The van der Waals surface area contributed by atoms with Gasteiger partial charge in [0.05, 0.1) is 6.61 Å². The average molecular weight is 331 g/mol. The molecule has 2 rings (SSSR count). The molecule has 4 nitrogen and oxygen atoms in total. The fraction of sp³-hybridized carbons (Fsp3) is 0.600. The Bertz CT molecular complexity index is 501. The number of rotatable bonds is 2. The van der Waals surface area contributed by atoms with Gasteiger partial charge in [-0.15, -0.1) is 0 Å². The van der Waals surface area contributed by atoms with Gasteiger partial charge in [0.1, 0.15) is 6.04 Å². The summed E-state index contributed by atoms with van der Waals surface area (Å²) in [5, 5.41) is 2.87. The van der Waals surface area contributed by atoms with E-state index in [1.807, 2.05) is 30.3 Å². The Balaban J connectivity index is 1.96. The van der Waals surface area contributed by atoms with Gasteiger partial charge in [-0.2, -0.15) is 0 Å². The van der Waals surface area contributed by atoms with E-state index in [4.69, 9.17) is 4.74 Å². The van der Waals surface area contributed by atoms with Crippen molar-refractivity contribution in [1.82, 2.24) is 5.32 Å². The van der Waals surface area contributed by atoms with Gasteiger partial charge in [-0.1, -0.05) is 68.9 Å². The molecule has 1 aromatic rings. The van der Waals surface area contributed by atoms with Crippen molar-refractivity contribution < 1.29 is 14.3 Å². The Kier molecular flexibility index (Phi) is 8.36. The lowest BCUT2D eigenvalue weighted by Gasteiger charge is -2.18. The SMILES string of the molecule is O=C1CCCCCCCCCCOC(=O)[C@H](Cc2ccccc2)N1. The van der Waals surface area contributed by atoms with Gasteiger partial charge < -0.3 is 10.1 Å². The fourth-order valence-electron chi connectivity index (χ4n) is 3.03. The van der Waals surface area contributed by atoms with Crippen molar-refractivity contribution in [2.24, 2.45) is 0 Å². The van der Waals surface area contributed by atoms with E-state index in [0.717, 1.165) is 31.2 Å². The van der Waals surface area contributed by atoms with Crippen LogP contribution in [0.15, 0.2) is 30.3 Å². The van der Waals surface area contributed by atoms with Gasteiger partial charge in [-0.05, 0) is 18.4 Å². The summed E-state index contributed by atoms with van der Waals surface area (Å²) < 4.78 is 5.40. The summed E-state index contributed by atoms with van der Waals surface area (Å²) >= 11 is 0. The van der Waals surface area contributed by atoms with Crippen LogP contribution in [0.3, 0.4) is 0 Å². The molecule has 24 heavy (non-hydrogen) atoms. The van der Waals surface area contributed by atoms with Gasteiger partial charge in [0.25, 0.3) is 0 Å². The Hall–Kier alpha value is -1.84. The number of benzene rings is 1. The van der Waals surface area contributed by atoms with E-state index >= 15 is 0 Å². The smallest absolute Gasteiger partial charge is 0.328 e. The first kappa shape index (κ1) is 18.5. The highest BCUT2D eigenvalue weighted by Crippen LogP contribution is 2.12. The van der Waals surface area contributed by atoms with Crippen molar-refractivity contribution >= 4 is 11.9 Å². The minimum atomic E-state index is -0.593. The van der Waals surface area contributed by atoms with Crippen molar-refractivity contribution in [2.75, 3.05) is 6.61 Å². The Labute approximate surface area is 145 Å². The highest BCUT2D eigenvalue weighted by atomic mass is 16.5. The zero-order chi connectivity index (χ0) is 17.0. The van der Waals surface area contributed by atoms with Crippen LogP contribution >= 0.6 is 0 Å². The van der Waals surface area contributed by atoms with Crippen LogP contribution in [0.5, 0.6) is 0 Å². The zero-order valence-electron chi connectivity index (χ0n) is 14.5. The number of amides is 1. The van der Waals surface area contributed by atoms with Gasteiger partial charge >= 0.3 is 5.97 Å². The predicted octanol–water partition coefficient (Wildman–Crippen LogP) is 3.78. The topological polar surface area (TPSA) is 55.4 Å². The molecule has 1 aromatic carbocycles. The molecular weight excluding hydrogens is 302 g/mol. The third kappa shape index (κ3) is 7.16. The van der Waals surface area contributed by atoms with Crippen molar-refractivity contribution in [3.8, 4) is 0 Å². The third-order valence-corrected chi connectivity index (χ3v) is 4.44. The van der Waals surface area contributed by atoms with E-state index in [0.29, 0.717) is 19.4 Å². The number of hydrogen-bond donors (Lipinski definition) is 1. The number of carbonyl (C=O) groups excluding carboxylic acids is 2. The van der Waals surface area contributed by atoms with Crippen LogP contribution in [0.2, 0.25) is 0 Å². The summed E-state index contributed by atoms with van der Waals surface area (Å²) in [6, 6.07) is 9.16. The van der Waals surface area contributed by atoms with Crippen LogP contribution in [0.25, 0.3) is 0 Å². The van der Waals surface area contributed by atoms with Crippen LogP contribution in [-0.4, -0.2) is 24.5 Å². The highest BCUT2D eigenvalue weighted by molar-refractivity contribution is 5.84. The average Bonchev–Trinajstić information content (AvgIpc) is 2.59. The van der Waals surface area contributed by atoms with E-state index in [2.05, 4.69) is 5.32 Å². The maximum Gasteiger partial charge on any atom is 0.328 e. The largest absolute Gasteiger partial charge is 0.464 e. The van der Waals surface area contributed by atoms with E-state index < -0.39 is 6.04 Å². The molecule has 1 fully saturated rings. The predicted molar refractivity (Wildman–Crippen MR) is 94.6 cm³/mol. The van der Waals surface area contributed by atoms with Crippen molar-refractivity contribution in [1.29, 1.82) is 0 Å². The molecular formula is C20H29NO3. The second-order valence-corrected chi connectivity index (χ2v) is 6.56. The Morgan fingerprint density at radius 3 is 2.21 bits per heavy atom. The lowest BCUT2D eigenvalue weighted by Crippen LogP contribution is -2.43. The number of hydrogen-bond acceptors (Lipinski definition) is 3. The molecule has 4 heteroatoms. The summed E-state index contributed by atoms with van der Waals surface area (Å²) in [6.07, 6.45) is 9.79. The molecule has 1 aliphatic heterocycles. The molecule has 1 aliphatic rings. The summed E-state index contributed by atoms with van der Waals surface area (Å²) in [6.45, 7) is 0.444. The lowest BCUT2D eigenvalue weighted by atomic mass is 10.1. The minimum absolute atomic E-state index is 0.0530. The third-order valence-electron chi connectivity index (χ3n) is 4.44. The number of ether oxygens (including phenoxy) is 1. The van der Waals surface area contributed by atoms with Crippen LogP contribution in [0.4, 0.5) is 0 Å². The van der Waals surface area contributed by atoms with E-state index in [9.17, 15) is 9.59 Å². The van der Waals surface area contributed by atoms with Crippen LogP contribution in [0, 0.1) is 0 Å². The maximum atomic E-state index is 12.4. The molecule has 1 N–H and O–H groups in total. The first-order chi connectivity index (χ1) is 11.8. The minimum Gasteiger partial charge on any atom is -0.464 e. The van der Waals surface area contributed by atoms with Gasteiger partial charge in [-0.25, -0.2) is 4.79 Å². The van der Waals surface area contributed by atoms with Crippen molar-refractivity contribution in [3.63, 3.8) is 0 Å². The number of cyclic esters (lactones) is 1. The summed E-state index contributed by atoms with van der Waals surface area (Å²) in [7, 11) is 0. The summed E-state index contributed by atoms with van der Waals surface area (Å²) in [4.78, 5) is 24.5. The molecule has 0 aliphatic carbocycles. The summed E-state index contributed by atoms with van der Waals surface area (Å²) in [5.41, 5.74) is 1.03. The van der Waals surface area contributed by atoms with Crippen LogP contribution in [-0.2, 0) is 20.7 Å². The quantitative estimate of drug-likeness (QED) is 0.839. The van der Waals surface area contributed by atoms with E-state index in [1.54, 1.807) is 0 Å². The van der Waals surface area contributed by atoms with E-state index in [-0.39, 0.29) is 11.9 Å². The van der Waals surface area contributed by atoms with Gasteiger partial charge in [0.2, 0.25) is 5.91 Å².